The van der Waals surface area contributed by atoms with Gasteiger partial charge in [-0.1, -0.05) is 25.5 Å². The molecule has 3 rings (SSSR count). The summed E-state index contributed by atoms with van der Waals surface area (Å²) in [6, 6.07) is 7.58. The summed E-state index contributed by atoms with van der Waals surface area (Å²) in [5.74, 6) is 1.22. The molecule has 126 valence electrons. The van der Waals surface area contributed by atoms with Gasteiger partial charge < -0.3 is 15.0 Å². The van der Waals surface area contributed by atoms with E-state index in [1.807, 2.05) is 24.3 Å². The number of fused-ring (bicyclic) bond motifs is 1. The maximum Gasteiger partial charge on any atom is 0.256 e. The van der Waals surface area contributed by atoms with Crippen LogP contribution in [0, 0.1) is 6.92 Å². The Morgan fingerprint density at radius 1 is 1.25 bits per heavy atom. The van der Waals surface area contributed by atoms with Gasteiger partial charge in [-0.3, -0.25) is 9.59 Å². The van der Waals surface area contributed by atoms with E-state index in [2.05, 4.69) is 22.2 Å². The highest BCUT2D eigenvalue weighted by Crippen LogP contribution is 2.34. The van der Waals surface area contributed by atoms with Crippen molar-refractivity contribution in [2.75, 3.05) is 11.9 Å². The van der Waals surface area contributed by atoms with Crippen LogP contribution >= 0.6 is 0 Å². The summed E-state index contributed by atoms with van der Waals surface area (Å²) >= 11 is 0. The Morgan fingerprint density at radius 3 is 2.71 bits per heavy atom. The first-order valence-corrected chi connectivity index (χ1v) is 8.22. The van der Waals surface area contributed by atoms with Crippen molar-refractivity contribution in [3.63, 3.8) is 0 Å². The van der Waals surface area contributed by atoms with Gasteiger partial charge in [-0.15, -0.1) is 0 Å². The quantitative estimate of drug-likeness (QED) is 0.827. The molecule has 1 aliphatic rings. The smallest absolute Gasteiger partial charge is 0.256 e. The van der Waals surface area contributed by atoms with Crippen LogP contribution in [0.5, 0.6) is 5.75 Å². The molecule has 0 spiro atoms. The number of aryl methyl sites for hydroxylation is 1. The van der Waals surface area contributed by atoms with E-state index in [9.17, 15) is 9.59 Å². The summed E-state index contributed by atoms with van der Waals surface area (Å²) < 4.78 is 5.66. The van der Waals surface area contributed by atoms with Gasteiger partial charge in [-0.05, 0) is 31.0 Å². The molecule has 1 aromatic carbocycles. The van der Waals surface area contributed by atoms with Gasteiger partial charge in [0.05, 0.1) is 12.2 Å². The summed E-state index contributed by atoms with van der Waals surface area (Å²) in [5.41, 5.74) is 1.22. The molecule has 1 atom stereocenters. The molecule has 6 nitrogen and oxygen atoms in total. The van der Waals surface area contributed by atoms with Gasteiger partial charge >= 0.3 is 0 Å². The van der Waals surface area contributed by atoms with Crippen molar-refractivity contribution in [2.24, 2.45) is 0 Å². The van der Waals surface area contributed by atoms with Crippen molar-refractivity contribution in [3.05, 3.63) is 51.6 Å². The fourth-order valence-electron chi connectivity index (χ4n) is 2.90. The molecule has 0 radical (unpaired) electrons. The number of amides is 1. The number of aromatic nitrogens is 2. The molecule has 2 heterocycles. The minimum atomic E-state index is -0.296. The normalized spacial score (nSPS) is 16.4. The molecule has 6 heteroatoms. The van der Waals surface area contributed by atoms with E-state index in [1.165, 1.54) is 0 Å². The Balaban J connectivity index is 1.90. The zero-order valence-corrected chi connectivity index (χ0v) is 13.9. The number of benzene rings is 1. The Hall–Kier alpha value is -2.63. The number of carbonyl (C=O) groups is 1. The zero-order chi connectivity index (χ0) is 17.1. The lowest BCUT2D eigenvalue weighted by atomic mass is 9.87. The van der Waals surface area contributed by atoms with Crippen molar-refractivity contribution in [3.8, 4) is 5.75 Å². The number of aromatic amines is 1. The molecular weight excluding hydrogens is 306 g/mol. The van der Waals surface area contributed by atoms with Gasteiger partial charge in [0.15, 0.2) is 0 Å². The maximum absolute atomic E-state index is 12.3. The Kier molecular flexibility index (Phi) is 4.64. The molecule has 0 aliphatic carbocycles. The molecule has 24 heavy (non-hydrogen) atoms. The Bertz CT molecular complexity index is 796. The van der Waals surface area contributed by atoms with Crippen LogP contribution in [0.25, 0.3) is 0 Å². The van der Waals surface area contributed by atoms with E-state index < -0.39 is 0 Å². The number of nitrogens with one attached hydrogen (secondary N) is 2. The monoisotopic (exact) mass is 327 g/mol. The summed E-state index contributed by atoms with van der Waals surface area (Å²) in [7, 11) is 0. The van der Waals surface area contributed by atoms with Gasteiger partial charge in [0.25, 0.3) is 5.56 Å². The molecule has 1 aliphatic heterocycles. The maximum atomic E-state index is 12.3. The number of nitrogens with zero attached hydrogens (tertiary/aromatic N) is 1. The number of hydrogen-bond donors (Lipinski definition) is 2. The largest absolute Gasteiger partial charge is 0.494 e. The van der Waals surface area contributed by atoms with Crippen molar-refractivity contribution >= 4 is 11.7 Å². The van der Waals surface area contributed by atoms with Crippen LogP contribution in [-0.4, -0.2) is 22.5 Å². The van der Waals surface area contributed by atoms with Crippen molar-refractivity contribution in [1.82, 2.24) is 9.97 Å². The van der Waals surface area contributed by atoms with Crippen molar-refractivity contribution in [2.45, 2.75) is 39.0 Å². The molecule has 1 amide bonds. The van der Waals surface area contributed by atoms with Crippen LogP contribution in [-0.2, 0) is 4.79 Å². The van der Waals surface area contributed by atoms with Crippen LogP contribution in [0.1, 0.15) is 49.1 Å². The lowest BCUT2D eigenvalue weighted by Crippen LogP contribution is -2.31. The van der Waals surface area contributed by atoms with Crippen LogP contribution in [0.3, 0.4) is 0 Å². The van der Waals surface area contributed by atoms with Gasteiger partial charge in [0, 0.05) is 12.3 Å². The summed E-state index contributed by atoms with van der Waals surface area (Å²) in [5, 5.41) is 2.69. The van der Waals surface area contributed by atoms with Crippen molar-refractivity contribution < 1.29 is 9.53 Å². The molecular formula is C18H21N3O3. The second-order valence-electron chi connectivity index (χ2n) is 5.99. The van der Waals surface area contributed by atoms with Crippen molar-refractivity contribution in [1.29, 1.82) is 0 Å². The highest BCUT2D eigenvalue weighted by atomic mass is 16.5. The van der Waals surface area contributed by atoms with Gasteiger partial charge in [0.2, 0.25) is 5.91 Å². The number of H-pyrrole nitrogens is 1. The summed E-state index contributed by atoms with van der Waals surface area (Å²) in [6.45, 7) is 4.50. The van der Waals surface area contributed by atoms with Gasteiger partial charge in [0.1, 0.15) is 17.4 Å². The molecule has 2 aromatic rings. The molecule has 2 N–H and O–H groups in total. The van der Waals surface area contributed by atoms with Gasteiger partial charge in [-0.2, -0.15) is 0 Å². The first kappa shape index (κ1) is 16.2. The number of anilines is 1. The SMILES string of the molecule is CCCCOc1ccc(C2CC(=O)Nc3nc(C)[nH]c(=O)c32)cc1. The van der Waals surface area contributed by atoms with Crippen LogP contribution in [0.4, 0.5) is 5.82 Å². The molecule has 0 saturated heterocycles. The average Bonchev–Trinajstić information content (AvgIpc) is 2.54. The lowest BCUT2D eigenvalue weighted by molar-refractivity contribution is -0.116. The predicted molar refractivity (Wildman–Crippen MR) is 91.5 cm³/mol. The molecule has 0 saturated carbocycles. The number of hydrogen-bond acceptors (Lipinski definition) is 4. The second kappa shape index (κ2) is 6.86. The third kappa shape index (κ3) is 3.32. The Labute approximate surface area is 140 Å². The average molecular weight is 327 g/mol. The van der Waals surface area contributed by atoms with E-state index in [0.29, 0.717) is 23.8 Å². The number of unbranched alkanes of at least 4 members (excludes halogenated alkanes) is 1. The third-order valence-electron chi connectivity index (χ3n) is 4.12. The highest BCUT2D eigenvalue weighted by Gasteiger charge is 2.30. The standard InChI is InChI=1S/C18H21N3O3/c1-3-4-9-24-13-7-5-12(6-8-13)14-10-15(22)21-17-16(14)18(23)20-11(2)19-17/h5-8,14H,3-4,9-10H2,1-2H3,(H2,19,20,21,22,23). The summed E-state index contributed by atoms with van der Waals surface area (Å²) in [4.78, 5) is 31.3. The number of carbonyl (C=O) groups excluding carboxylic acids is 1. The summed E-state index contributed by atoms with van der Waals surface area (Å²) in [6.07, 6.45) is 2.33. The molecule has 1 unspecified atom stereocenters. The van der Waals surface area contributed by atoms with E-state index in [0.717, 1.165) is 24.2 Å². The molecule has 0 fully saturated rings. The first-order chi connectivity index (χ1) is 11.6. The minimum absolute atomic E-state index is 0.131. The zero-order valence-electron chi connectivity index (χ0n) is 13.9. The van der Waals surface area contributed by atoms with E-state index in [4.69, 9.17) is 4.74 Å². The minimum Gasteiger partial charge on any atom is -0.494 e. The molecule has 0 bridgehead atoms. The van der Waals surface area contributed by atoms with Crippen LogP contribution < -0.4 is 15.6 Å². The third-order valence-corrected chi connectivity index (χ3v) is 4.12. The van der Waals surface area contributed by atoms with E-state index >= 15 is 0 Å². The second-order valence-corrected chi connectivity index (χ2v) is 5.99. The Morgan fingerprint density at radius 2 is 2.00 bits per heavy atom. The van der Waals surface area contributed by atoms with E-state index in [-0.39, 0.29) is 23.8 Å². The lowest BCUT2D eigenvalue weighted by Gasteiger charge is -2.24. The van der Waals surface area contributed by atoms with E-state index in [1.54, 1.807) is 6.92 Å². The highest BCUT2D eigenvalue weighted by molar-refractivity contribution is 5.94. The predicted octanol–water partition coefficient (Wildman–Crippen LogP) is 2.73. The van der Waals surface area contributed by atoms with Gasteiger partial charge in [-0.25, -0.2) is 4.98 Å². The van der Waals surface area contributed by atoms with Crippen LogP contribution in [0.15, 0.2) is 29.1 Å². The topological polar surface area (TPSA) is 84.1 Å². The van der Waals surface area contributed by atoms with Crippen LogP contribution in [0.2, 0.25) is 0 Å². The first-order valence-electron chi connectivity index (χ1n) is 8.22. The molecule has 1 aromatic heterocycles. The fraction of sp³-hybridized carbons (Fsp3) is 0.389. The number of rotatable bonds is 5. The number of ether oxygens (including phenoxy) is 1. The fourth-order valence-corrected chi connectivity index (χ4v) is 2.90.